The molecule has 0 aliphatic carbocycles. The summed E-state index contributed by atoms with van der Waals surface area (Å²) in [5, 5.41) is 14.5. The Morgan fingerprint density at radius 2 is 1.74 bits per heavy atom. The summed E-state index contributed by atoms with van der Waals surface area (Å²) in [7, 11) is 0. The van der Waals surface area contributed by atoms with Crippen LogP contribution in [0, 0.1) is 0 Å². The van der Waals surface area contributed by atoms with E-state index < -0.39 is 0 Å². The van der Waals surface area contributed by atoms with Crippen LogP contribution >= 0.6 is 0 Å². The van der Waals surface area contributed by atoms with Crippen LogP contribution in [0.5, 0.6) is 5.75 Å². The number of ether oxygens (including phenoxy) is 1. The molecular formula is C18H21N7O2. The molecule has 0 bridgehead atoms. The minimum Gasteiger partial charge on any atom is -0.493 e. The predicted octanol–water partition coefficient (Wildman–Crippen LogP) is 3.87. The van der Waals surface area contributed by atoms with E-state index in [4.69, 9.17) is 16.0 Å². The van der Waals surface area contributed by atoms with Crippen molar-refractivity contribution in [1.82, 2.24) is 5.32 Å². The van der Waals surface area contributed by atoms with Crippen LogP contribution < -0.4 is 15.8 Å². The fraction of sp³-hybridized carbons (Fsp3) is 0.278. The van der Waals surface area contributed by atoms with Crippen molar-refractivity contribution in [2.75, 3.05) is 19.7 Å². The number of hydrogen-bond donors (Lipinski definition) is 2. The van der Waals surface area contributed by atoms with Gasteiger partial charge in [-0.15, -0.1) is 0 Å². The molecule has 9 heteroatoms. The van der Waals surface area contributed by atoms with E-state index in [0.717, 1.165) is 0 Å². The second-order valence-corrected chi connectivity index (χ2v) is 5.65. The fourth-order valence-corrected chi connectivity index (χ4v) is 2.03. The van der Waals surface area contributed by atoms with Crippen molar-refractivity contribution in [2.45, 2.75) is 13.0 Å². The highest BCUT2D eigenvalue weighted by molar-refractivity contribution is 5.94. The zero-order valence-corrected chi connectivity index (χ0v) is 14.9. The molecule has 0 saturated heterocycles. The molecule has 9 nitrogen and oxygen atoms in total. The first kappa shape index (κ1) is 19.9. The molecule has 140 valence electrons. The van der Waals surface area contributed by atoms with Gasteiger partial charge in [0, 0.05) is 23.6 Å². The maximum absolute atomic E-state index is 11.8. The average molecular weight is 367 g/mol. The monoisotopic (exact) mass is 367 g/mol. The Kier molecular flexibility index (Phi) is 7.77. The molecule has 2 aromatic carbocycles. The summed E-state index contributed by atoms with van der Waals surface area (Å²) in [4.78, 5) is 14.5. The van der Waals surface area contributed by atoms with Gasteiger partial charge in [-0.1, -0.05) is 12.0 Å². The standard InChI is InChI=1S/C18H21N7O2/c1-13(22-25-20)12-27-17-8-6-16(7-9-17)24-23-15-4-2-14(3-5-15)18(26)21-11-10-19/h2-9,13H,10-12,19H2,1H3,(H,21,26). The lowest BCUT2D eigenvalue weighted by Crippen LogP contribution is -2.28. The molecule has 2 rings (SSSR count). The fourth-order valence-electron chi connectivity index (χ4n) is 2.03. The molecule has 0 aliphatic rings. The van der Waals surface area contributed by atoms with Gasteiger partial charge < -0.3 is 15.8 Å². The Hall–Kier alpha value is -3.42. The maximum atomic E-state index is 11.8. The molecule has 1 atom stereocenters. The third-order valence-electron chi connectivity index (χ3n) is 3.42. The zero-order valence-electron chi connectivity index (χ0n) is 14.9. The predicted molar refractivity (Wildman–Crippen MR) is 103 cm³/mol. The molecule has 0 radical (unpaired) electrons. The van der Waals surface area contributed by atoms with Crippen molar-refractivity contribution in [3.63, 3.8) is 0 Å². The van der Waals surface area contributed by atoms with E-state index in [1.165, 1.54) is 0 Å². The highest BCUT2D eigenvalue weighted by atomic mass is 16.5. The van der Waals surface area contributed by atoms with Crippen LogP contribution in [0.15, 0.2) is 63.9 Å². The summed E-state index contributed by atoms with van der Waals surface area (Å²) in [5.74, 6) is 0.482. The van der Waals surface area contributed by atoms with Crippen LogP contribution in [-0.2, 0) is 0 Å². The molecule has 0 heterocycles. The van der Waals surface area contributed by atoms with E-state index in [1.54, 1.807) is 55.5 Å². The Morgan fingerprint density at radius 3 is 2.30 bits per heavy atom. The first-order chi connectivity index (χ1) is 13.1. The number of nitrogens with two attached hydrogens (primary N) is 1. The first-order valence-electron chi connectivity index (χ1n) is 8.39. The molecular weight excluding hydrogens is 346 g/mol. The number of azide groups is 1. The summed E-state index contributed by atoms with van der Waals surface area (Å²) < 4.78 is 5.52. The Balaban J connectivity index is 1.91. The Labute approximate surface area is 156 Å². The molecule has 0 saturated carbocycles. The van der Waals surface area contributed by atoms with Crippen molar-refractivity contribution >= 4 is 17.3 Å². The van der Waals surface area contributed by atoms with Crippen LogP contribution in [0.1, 0.15) is 17.3 Å². The van der Waals surface area contributed by atoms with Crippen molar-refractivity contribution in [2.24, 2.45) is 21.1 Å². The van der Waals surface area contributed by atoms with Crippen molar-refractivity contribution in [3.8, 4) is 5.75 Å². The summed E-state index contributed by atoms with van der Waals surface area (Å²) >= 11 is 0. The van der Waals surface area contributed by atoms with E-state index in [9.17, 15) is 4.79 Å². The Morgan fingerprint density at radius 1 is 1.15 bits per heavy atom. The van der Waals surface area contributed by atoms with Gasteiger partial charge in [0.05, 0.1) is 24.0 Å². The molecule has 1 amide bonds. The van der Waals surface area contributed by atoms with E-state index in [1.807, 2.05) is 0 Å². The van der Waals surface area contributed by atoms with Gasteiger partial charge >= 0.3 is 0 Å². The largest absolute Gasteiger partial charge is 0.493 e. The molecule has 0 fully saturated rings. The highest BCUT2D eigenvalue weighted by Crippen LogP contribution is 2.21. The number of amides is 1. The van der Waals surface area contributed by atoms with Crippen molar-refractivity contribution in [3.05, 3.63) is 64.5 Å². The number of benzene rings is 2. The van der Waals surface area contributed by atoms with Crippen LogP contribution in [-0.4, -0.2) is 31.6 Å². The van der Waals surface area contributed by atoms with Crippen molar-refractivity contribution < 1.29 is 9.53 Å². The molecule has 3 N–H and O–H groups in total. The molecule has 0 aromatic heterocycles. The van der Waals surface area contributed by atoms with Gasteiger partial charge in [0.25, 0.3) is 5.91 Å². The summed E-state index contributed by atoms with van der Waals surface area (Å²) in [6.45, 7) is 2.91. The number of hydrogen-bond acceptors (Lipinski definition) is 6. The van der Waals surface area contributed by atoms with Crippen LogP contribution in [0.2, 0.25) is 0 Å². The lowest BCUT2D eigenvalue weighted by atomic mass is 10.2. The van der Waals surface area contributed by atoms with Gasteiger partial charge in [-0.3, -0.25) is 4.79 Å². The van der Waals surface area contributed by atoms with Crippen LogP contribution in [0.4, 0.5) is 11.4 Å². The minimum absolute atomic E-state index is 0.172. The van der Waals surface area contributed by atoms with E-state index in [-0.39, 0.29) is 11.9 Å². The third-order valence-corrected chi connectivity index (χ3v) is 3.42. The summed E-state index contributed by atoms with van der Waals surface area (Å²) in [6, 6.07) is 13.6. The molecule has 2 aromatic rings. The number of carbonyl (C=O) groups excluding carboxylic acids is 1. The van der Waals surface area contributed by atoms with Gasteiger partial charge in [0.2, 0.25) is 0 Å². The maximum Gasteiger partial charge on any atom is 0.251 e. The molecule has 0 spiro atoms. The van der Waals surface area contributed by atoms with Gasteiger partial charge in [0.15, 0.2) is 0 Å². The summed E-state index contributed by atoms with van der Waals surface area (Å²) in [5.41, 5.74) is 15.5. The SMILES string of the molecule is CC(COc1ccc(N=Nc2ccc(C(=O)NCCN)cc2)cc1)N=[N+]=[N-]. The van der Waals surface area contributed by atoms with Gasteiger partial charge in [-0.2, -0.15) is 10.2 Å². The van der Waals surface area contributed by atoms with Crippen LogP contribution in [0.3, 0.4) is 0 Å². The topological polar surface area (TPSA) is 138 Å². The Bertz CT molecular complexity index is 813. The smallest absolute Gasteiger partial charge is 0.251 e. The average Bonchev–Trinajstić information content (AvgIpc) is 2.70. The lowest BCUT2D eigenvalue weighted by molar-refractivity contribution is 0.0955. The van der Waals surface area contributed by atoms with E-state index in [2.05, 4.69) is 25.6 Å². The quantitative estimate of drug-likeness (QED) is 0.395. The van der Waals surface area contributed by atoms with Gasteiger partial charge in [0.1, 0.15) is 5.75 Å². The zero-order chi connectivity index (χ0) is 19.5. The van der Waals surface area contributed by atoms with E-state index >= 15 is 0 Å². The normalized spacial score (nSPS) is 11.6. The summed E-state index contributed by atoms with van der Waals surface area (Å²) in [6.07, 6.45) is 0. The van der Waals surface area contributed by atoms with Crippen molar-refractivity contribution in [1.29, 1.82) is 0 Å². The van der Waals surface area contributed by atoms with Crippen LogP contribution in [0.25, 0.3) is 10.4 Å². The third kappa shape index (κ3) is 6.77. The number of nitrogens with zero attached hydrogens (tertiary/aromatic N) is 5. The highest BCUT2D eigenvalue weighted by Gasteiger charge is 2.04. The second kappa shape index (κ2) is 10.5. The molecule has 27 heavy (non-hydrogen) atoms. The van der Waals surface area contributed by atoms with E-state index in [0.29, 0.717) is 42.4 Å². The lowest BCUT2D eigenvalue weighted by Gasteiger charge is -2.08. The number of azo groups is 1. The second-order valence-electron chi connectivity index (χ2n) is 5.65. The number of rotatable bonds is 9. The van der Waals surface area contributed by atoms with Gasteiger partial charge in [-0.25, -0.2) is 0 Å². The van der Waals surface area contributed by atoms with Gasteiger partial charge in [-0.05, 0) is 54.1 Å². The number of carbonyl (C=O) groups is 1. The molecule has 0 aliphatic heterocycles. The first-order valence-corrected chi connectivity index (χ1v) is 8.39. The minimum atomic E-state index is -0.241. The number of nitrogens with one attached hydrogen (secondary N) is 1. The molecule has 1 unspecified atom stereocenters.